The van der Waals surface area contributed by atoms with E-state index in [4.69, 9.17) is 15.0 Å². The molecule has 4 aromatic heterocycles. The van der Waals surface area contributed by atoms with E-state index in [-0.39, 0.29) is 5.56 Å². The van der Waals surface area contributed by atoms with Crippen LogP contribution in [0.5, 0.6) is 0 Å². The van der Waals surface area contributed by atoms with Crippen molar-refractivity contribution in [1.29, 1.82) is 0 Å². The molecule has 7 aromatic carbocycles. The smallest absolute Gasteiger partial charge is 0.265 e. The Morgan fingerprint density at radius 3 is 1.44 bits per heavy atom. The number of benzene rings is 7. The van der Waals surface area contributed by atoms with Gasteiger partial charge in [0.25, 0.3) is 5.56 Å². The zero-order valence-electron chi connectivity index (χ0n) is 29.4. The van der Waals surface area contributed by atoms with E-state index in [9.17, 15) is 0 Å². The Hall–Kier alpha value is -7.64. The number of para-hydroxylation sites is 4. The van der Waals surface area contributed by atoms with Crippen molar-refractivity contribution in [3.05, 3.63) is 192 Å². The van der Waals surface area contributed by atoms with Gasteiger partial charge in [-0.05, 0) is 48.5 Å². The highest BCUT2D eigenvalue weighted by atomic mass is 16.1. The first kappa shape index (κ1) is 30.9. The molecule has 0 radical (unpaired) electrons. The average molecular weight is 707 g/mol. The van der Waals surface area contributed by atoms with Crippen molar-refractivity contribution in [2.75, 3.05) is 0 Å². The van der Waals surface area contributed by atoms with Crippen LogP contribution >= 0.6 is 0 Å². The van der Waals surface area contributed by atoms with Crippen LogP contribution < -0.4 is 5.56 Å². The Balaban J connectivity index is 1.33. The molecule has 0 amide bonds. The van der Waals surface area contributed by atoms with Crippen LogP contribution in [-0.2, 0) is 0 Å². The average Bonchev–Trinajstić information content (AvgIpc) is 3.78. The summed E-state index contributed by atoms with van der Waals surface area (Å²) in [5, 5.41) is 4.62. The van der Waals surface area contributed by atoms with Crippen molar-refractivity contribution < 1.29 is 0 Å². The monoisotopic (exact) mass is 706 g/mol. The van der Waals surface area contributed by atoms with Crippen molar-refractivity contribution in [3.8, 4) is 40.1 Å². The maximum Gasteiger partial charge on any atom is 0.265 e. The summed E-state index contributed by atoms with van der Waals surface area (Å²) in [6.45, 7) is 0. The highest BCUT2D eigenvalue weighted by molar-refractivity contribution is 6.22. The molecule has 0 saturated heterocycles. The van der Waals surface area contributed by atoms with Gasteiger partial charge in [0.15, 0.2) is 11.6 Å². The summed E-state index contributed by atoms with van der Waals surface area (Å²) < 4.78 is 6.21. The van der Waals surface area contributed by atoms with Gasteiger partial charge in [-0.1, -0.05) is 133 Å². The van der Waals surface area contributed by atoms with E-state index < -0.39 is 0 Å². The van der Waals surface area contributed by atoms with Crippen LogP contribution in [0.4, 0.5) is 0 Å². The lowest BCUT2D eigenvalue weighted by Gasteiger charge is -2.15. The molecule has 4 heterocycles. The maximum atomic E-state index is 15.2. The number of fused-ring (bicyclic) bond motifs is 8. The van der Waals surface area contributed by atoms with Gasteiger partial charge in [-0.3, -0.25) is 13.9 Å². The SMILES string of the molecule is O=c1c2c3ccccc3n(-c3ccccc3)c2c2cc3c4ccccc4n(-c4nc(-c5ccccc5)nc(-c5ccccc5)n4)c3cc2n1-c1ccccc1. The van der Waals surface area contributed by atoms with E-state index in [1.165, 1.54) is 0 Å². The lowest BCUT2D eigenvalue weighted by molar-refractivity contribution is 0.953. The van der Waals surface area contributed by atoms with Gasteiger partial charge in [0.05, 0.1) is 33.0 Å². The molecule has 258 valence electrons. The largest absolute Gasteiger partial charge is 0.308 e. The van der Waals surface area contributed by atoms with Crippen LogP contribution in [-0.4, -0.2) is 28.7 Å². The fraction of sp³-hybridized carbons (Fsp3) is 0. The van der Waals surface area contributed by atoms with Gasteiger partial charge in [0.1, 0.15) is 0 Å². The number of aromatic nitrogens is 6. The van der Waals surface area contributed by atoms with Crippen LogP contribution in [0.3, 0.4) is 0 Å². The second-order valence-electron chi connectivity index (χ2n) is 13.6. The first-order valence-corrected chi connectivity index (χ1v) is 18.3. The minimum Gasteiger partial charge on any atom is -0.308 e. The zero-order chi connectivity index (χ0) is 36.5. The molecular weight excluding hydrogens is 677 g/mol. The van der Waals surface area contributed by atoms with Crippen molar-refractivity contribution in [2.45, 2.75) is 0 Å². The molecule has 0 saturated carbocycles. The van der Waals surface area contributed by atoms with E-state index in [0.29, 0.717) is 23.0 Å². The second kappa shape index (κ2) is 12.2. The molecule has 0 N–H and O–H groups in total. The topological polar surface area (TPSA) is 70.5 Å². The molecule has 55 heavy (non-hydrogen) atoms. The summed E-state index contributed by atoms with van der Waals surface area (Å²) in [5.41, 5.74) is 7.93. The Labute approximate surface area is 314 Å². The van der Waals surface area contributed by atoms with Gasteiger partial charge in [-0.2, -0.15) is 9.97 Å². The quantitative estimate of drug-likeness (QED) is 0.179. The molecule has 0 fully saturated rings. The summed E-state index contributed by atoms with van der Waals surface area (Å²) in [6, 6.07) is 61.2. The number of hydrogen-bond acceptors (Lipinski definition) is 4. The first-order valence-electron chi connectivity index (χ1n) is 18.3. The summed E-state index contributed by atoms with van der Waals surface area (Å²) in [6.07, 6.45) is 0. The van der Waals surface area contributed by atoms with E-state index in [1.807, 2.05) is 132 Å². The van der Waals surface area contributed by atoms with Gasteiger partial charge >= 0.3 is 0 Å². The maximum absolute atomic E-state index is 15.2. The molecule has 0 bridgehead atoms. The molecular formula is C48H30N6O. The molecule has 0 aliphatic rings. The van der Waals surface area contributed by atoms with Gasteiger partial charge in [0, 0.05) is 44.0 Å². The van der Waals surface area contributed by atoms with Crippen LogP contribution in [0, 0.1) is 0 Å². The van der Waals surface area contributed by atoms with Crippen LogP contribution in [0.1, 0.15) is 0 Å². The van der Waals surface area contributed by atoms with E-state index in [2.05, 4.69) is 63.7 Å². The van der Waals surface area contributed by atoms with Gasteiger partial charge < -0.3 is 4.57 Å². The predicted octanol–water partition coefficient (Wildman–Crippen LogP) is 10.7. The fourth-order valence-corrected chi connectivity index (χ4v) is 8.10. The zero-order valence-corrected chi connectivity index (χ0v) is 29.4. The number of hydrogen-bond donors (Lipinski definition) is 0. The normalized spacial score (nSPS) is 11.7. The fourth-order valence-electron chi connectivity index (χ4n) is 8.10. The molecule has 0 atom stereocenters. The third-order valence-electron chi connectivity index (χ3n) is 10.5. The standard InChI is InChI=1S/C48H30N6O/c55-47-43-36-26-14-16-28-40(36)52(33-21-9-3-10-22-33)44(43)38-29-37-35-25-13-15-27-39(35)54(41(37)30-42(38)53(47)34-23-11-4-12-24-34)48-50-45(31-17-5-1-6-18-31)49-46(51-48)32-19-7-2-8-20-32/h1-30H. The number of nitrogens with zero attached hydrogens (tertiary/aromatic N) is 6. The summed E-state index contributed by atoms with van der Waals surface area (Å²) >= 11 is 0. The summed E-state index contributed by atoms with van der Waals surface area (Å²) in [5.74, 6) is 1.64. The Morgan fingerprint density at radius 2 is 0.836 bits per heavy atom. The lowest BCUT2D eigenvalue weighted by Crippen LogP contribution is -2.19. The van der Waals surface area contributed by atoms with Crippen LogP contribution in [0.15, 0.2) is 187 Å². The molecule has 11 rings (SSSR count). The minimum absolute atomic E-state index is 0.0838. The lowest BCUT2D eigenvalue weighted by atomic mass is 10.1. The predicted molar refractivity (Wildman–Crippen MR) is 222 cm³/mol. The highest BCUT2D eigenvalue weighted by Crippen LogP contribution is 2.40. The van der Waals surface area contributed by atoms with E-state index in [0.717, 1.165) is 71.6 Å². The van der Waals surface area contributed by atoms with E-state index >= 15 is 4.79 Å². The highest BCUT2D eigenvalue weighted by Gasteiger charge is 2.24. The Morgan fingerprint density at radius 1 is 0.364 bits per heavy atom. The van der Waals surface area contributed by atoms with Crippen molar-refractivity contribution in [3.63, 3.8) is 0 Å². The number of rotatable bonds is 5. The van der Waals surface area contributed by atoms with Crippen LogP contribution in [0.2, 0.25) is 0 Å². The molecule has 0 spiro atoms. The second-order valence-corrected chi connectivity index (χ2v) is 13.6. The first-order chi connectivity index (χ1) is 27.2. The molecule has 7 nitrogen and oxygen atoms in total. The molecule has 7 heteroatoms. The van der Waals surface area contributed by atoms with Gasteiger partial charge in [-0.25, -0.2) is 4.98 Å². The summed E-state index contributed by atoms with van der Waals surface area (Å²) in [7, 11) is 0. The van der Waals surface area contributed by atoms with Crippen molar-refractivity contribution in [2.24, 2.45) is 0 Å². The Bertz CT molecular complexity index is 3260. The minimum atomic E-state index is -0.0838. The molecule has 0 aliphatic heterocycles. The molecule has 0 aliphatic carbocycles. The third-order valence-corrected chi connectivity index (χ3v) is 10.5. The third kappa shape index (κ3) is 4.77. The Kier molecular flexibility index (Phi) is 6.87. The van der Waals surface area contributed by atoms with Crippen molar-refractivity contribution >= 4 is 54.5 Å². The van der Waals surface area contributed by atoms with Gasteiger partial charge in [0.2, 0.25) is 5.95 Å². The van der Waals surface area contributed by atoms with Gasteiger partial charge in [-0.15, -0.1) is 0 Å². The molecule has 11 aromatic rings. The van der Waals surface area contributed by atoms with Crippen molar-refractivity contribution in [1.82, 2.24) is 28.7 Å². The van der Waals surface area contributed by atoms with E-state index in [1.54, 1.807) is 0 Å². The van der Waals surface area contributed by atoms with Crippen LogP contribution in [0.25, 0.3) is 94.6 Å². The summed E-state index contributed by atoms with van der Waals surface area (Å²) in [4.78, 5) is 30.4. The molecule has 0 unspecified atom stereocenters. The number of pyridine rings is 1.